The number of rotatable bonds is 4. The Labute approximate surface area is 328 Å². The highest BCUT2D eigenvalue weighted by Crippen LogP contribution is 2.54. The summed E-state index contributed by atoms with van der Waals surface area (Å²) >= 11 is 0. The molecule has 2 aliphatic carbocycles. The minimum absolute atomic E-state index is 0.0971. The first kappa shape index (κ1) is 32.8. The summed E-state index contributed by atoms with van der Waals surface area (Å²) in [5.74, 6) is 0.721. The fourth-order valence-corrected chi connectivity index (χ4v) is 9.62. The maximum absolute atomic E-state index is 5.25. The van der Waals surface area contributed by atoms with Crippen LogP contribution in [-0.2, 0) is 10.8 Å². The second kappa shape index (κ2) is 11.9. The number of fused-ring (bicyclic) bond motifs is 8. The normalized spacial score (nSPS) is 14.4. The molecule has 56 heavy (non-hydrogen) atoms. The molecule has 1 heterocycles. The Balaban J connectivity index is 1.07. The van der Waals surface area contributed by atoms with Gasteiger partial charge in [0.1, 0.15) is 0 Å². The van der Waals surface area contributed by atoms with Crippen molar-refractivity contribution in [1.29, 1.82) is 0 Å². The van der Waals surface area contributed by atoms with Gasteiger partial charge < -0.3 is 0 Å². The molecule has 0 N–H and O–H groups in total. The highest BCUT2D eigenvalue weighted by molar-refractivity contribution is 5.99. The van der Waals surface area contributed by atoms with Gasteiger partial charge in [0, 0.05) is 27.5 Å². The van der Waals surface area contributed by atoms with Crippen LogP contribution in [0, 0.1) is 0 Å². The smallest absolute Gasteiger partial charge is 0.160 e. The predicted molar refractivity (Wildman–Crippen MR) is 234 cm³/mol. The maximum atomic E-state index is 5.25. The van der Waals surface area contributed by atoms with Gasteiger partial charge in [-0.2, -0.15) is 0 Å². The van der Waals surface area contributed by atoms with Gasteiger partial charge in [-0.05, 0) is 120 Å². The fraction of sp³-hybridized carbons (Fsp3) is 0.111. The predicted octanol–water partition coefficient (Wildman–Crippen LogP) is 14.1. The summed E-state index contributed by atoms with van der Waals surface area (Å²) in [5.41, 5.74) is 17.9. The summed E-state index contributed by atoms with van der Waals surface area (Å²) in [6.45, 7) is 9.42. The minimum Gasteiger partial charge on any atom is -0.228 e. The fourth-order valence-electron chi connectivity index (χ4n) is 9.62. The zero-order chi connectivity index (χ0) is 37.8. The highest BCUT2D eigenvalue weighted by atomic mass is 14.9. The van der Waals surface area contributed by atoms with E-state index in [2.05, 4.69) is 191 Å². The van der Waals surface area contributed by atoms with Gasteiger partial charge in [-0.25, -0.2) is 9.97 Å². The van der Waals surface area contributed by atoms with E-state index in [0.717, 1.165) is 33.9 Å². The van der Waals surface area contributed by atoms with Gasteiger partial charge in [0.15, 0.2) is 5.82 Å². The van der Waals surface area contributed by atoms with Gasteiger partial charge in [-0.3, -0.25) is 0 Å². The van der Waals surface area contributed by atoms with Crippen LogP contribution >= 0.6 is 0 Å². The Morgan fingerprint density at radius 1 is 0.321 bits per heavy atom. The number of hydrogen-bond donors (Lipinski definition) is 0. The van der Waals surface area contributed by atoms with Crippen molar-refractivity contribution in [3.05, 3.63) is 192 Å². The Morgan fingerprint density at radius 2 is 0.839 bits per heavy atom. The van der Waals surface area contributed by atoms with E-state index in [1.165, 1.54) is 77.2 Å². The average molecular weight is 717 g/mol. The van der Waals surface area contributed by atoms with Crippen molar-refractivity contribution in [2.45, 2.75) is 38.5 Å². The van der Waals surface area contributed by atoms with Crippen LogP contribution in [0.2, 0.25) is 0 Å². The number of aromatic nitrogens is 2. The molecular weight excluding hydrogens is 677 g/mol. The molecule has 0 spiro atoms. The van der Waals surface area contributed by atoms with E-state index in [0.29, 0.717) is 0 Å². The molecule has 0 fully saturated rings. The van der Waals surface area contributed by atoms with Crippen LogP contribution in [0.4, 0.5) is 0 Å². The summed E-state index contributed by atoms with van der Waals surface area (Å²) in [6.07, 6.45) is 0. The molecule has 0 unspecified atom stereocenters. The van der Waals surface area contributed by atoms with Crippen molar-refractivity contribution >= 4 is 21.5 Å². The third-order valence-electron chi connectivity index (χ3n) is 12.6. The molecule has 0 saturated carbocycles. The lowest BCUT2D eigenvalue weighted by Gasteiger charge is -2.22. The average Bonchev–Trinajstić information content (AvgIpc) is 3.60. The van der Waals surface area contributed by atoms with Crippen LogP contribution in [-0.4, -0.2) is 9.97 Å². The van der Waals surface area contributed by atoms with Gasteiger partial charge in [0.2, 0.25) is 0 Å². The molecule has 0 atom stereocenters. The van der Waals surface area contributed by atoms with Gasteiger partial charge in [0.05, 0.1) is 11.4 Å². The van der Waals surface area contributed by atoms with E-state index in [-0.39, 0.29) is 10.8 Å². The van der Waals surface area contributed by atoms with E-state index in [9.17, 15) is 0 Å². The standard InChI is InChI=1S/C54H40N2/c1-53(2)45-25-24-40(29-42(45)43-27-34-16-8-10-18-36(34)30-47(43)53)50-32-49(55-52(56-50)33-14-6-5-7-15-33)39-21-12-20-38(26-39)41-22-13-23-46-51(41)44-28-35-17-9-11-19-37(35)31-48(44)54(46,3)4/h5-32H,1-4H3. The van der Waals surface area contributed by atoms with E-state index in [1.807, 2.05) is 6.07 Å². The van der Waals surface area contributed by atoms with Crippen LogP contribution < -0.4 is 0 Å². The van der Waals surface area contributed by atoms with E-state index in [1.54, 1.807) is 0 Å². The van der Waals surface area contributed by atoms with Crippen LogP contribution in [0.15, 0.2) is 170 Å². The minimum atomic E-state index is -0.104. The van der Waals surface area contributed by atoms with Crippen molar-refractivity contribution in [3.63, 3.8) is 0 Å². The van der Waals surface area contributed by atoms with Crippen LogP contribution in [0.25, 0.3) is 88.8 Å². The molecule has 2 heteroatoms. The molecular formula is C54H40N2. The lowest BCUT2D eigenvalue weighted by atomic mass is 9.81. The second-order valence-corrected chi connectivity index (χ2v) is 16.6. The molecule has 1 aromatic heterocycles. The number of benzene rings is 8. The van der Waals surface area contributed by atoms with E-state index in [4.69, 9.17) is 9.97 Å². The van der Waals surface area contributed by atoms with Crippen molar-refractivity contribution in [3.8, 4) is 67.3 Å². The topological polar surface area (TPSA) is 25.8 Å². The maximum Gasteiger partial charge on any atom is 0.160 e. The van der Waals surface area contributed by atoms with Gasteiger partial charge in [0.25, 0.3) is 0 Å². The largest absolute Gasteiger partial charge is 0.228 e. The number of nitrogens with zero attached hydrogens (tertiary/aromatic N) is 2. The van der Waals surface area contributed by atoms with Gasteiger partial charge in [-0.1, -0.05) is 155 Å². The molecule has 8 aromatic carbocycles. The molecule has 0 aliphatic heterocycles. The molecule has 2 nitrogen and oxygen atoms in total. The Bertz CT molecular complexity index is 3080. The van der Waals surface area contributed by atoms with E-state index < -0.39 is 0 Å². The van der Waals surface area contributed by atoms with Crippen LogP contribution in [0.5, 0.6) is 0 Å². The summed E-state index contributed by atoms with van der Waals surface area (Å²) in [7, 11) is 0. The molecule has 11 rings (SSSR count). The van der Waals surface area contributed by atoms with Crippen LogP contribution in [0.1, 0.15) is 49.9 Å². The highest BCUT2D eigenvalue weighted by Gasteiger charge is 2.38. The summed E-state index contributed by atoms with van der Waals surface area (Å²) in [6, 6.07) is 62.2. The first-order chi connectivity index (χ1) is 27.2. The zero-order valence-corrected chi connectivity index (χ0v) is 32.1. The summed E-state index contributed by atoms with van der Waals surface area (Å²) < 4.78 is 0. The van der Waals surface area contributed by atoms with Crippen molar-refractivity contribution < 1.29 is 0 Å². The molecule has 0 saturated heterocycles. The first-order valence-electron chi connectivity index (χ1n) is 19.6. The number of hydrogen-bond acceptors (Lipinski definition) is 2. The first-order valence-corrected chi connectivity index (χ1v) is 19.6. The van der Waals surface area contributed by atoms with Crippen molar-refractivity contribution in [2.24, 2.45) is 0 Å². The Hall–Kier alpha value is -6.64. The van der Waals surface area contributed by atoms with Crippen molar-refractivity contribution in [1.82, 2.24) is 9.97 Å². The molecule has 0 radical (unpaired) electrons. The summed E-state index contributed by atoms with van der Waals surface area (Å²) in [5, 5.41) is 5.10. The molecule has 0 amide bonds. The lowest BCUT2D eigenvalue weighted by molar-refractivity contribution is 0.661. The zero-order valence-electron chi connectivity index (χ0n) is 32.1. The van der Waals surface area contributed by atoms with E-state index >= 15 is 0 Å². The Kier molecular flexibility index (Phi) is 6.98. The monoisotopic (exact) mass is 716 g/mol. The third-order valence-corrected chi connectivity index (χ3v) is 12.6. The van der Waals surface area contributed by atoms with Crippen LogP contribution in [0.3, 0.4) is 0 Å². The second-order valence-electron chi connectivity index (χ2n) is 16.6. The van der Waals surface area contributed by atoms with Crippen molar-refractivity contribution in [2.75, 3.05) is 0 Å². The molecule has 2 aliphatic rings. The SMILES string of the molecule is CC1(C)c2ccc(-c3cc(-c4cccc(-c5cccc6c5-c5cc7ccccc7cc5C6(C)C)c4)nc(-c4ccccc4)n3)cc2-c2cc3ccccc3cc21. The molecule has 9 aromatic rings. The van der Waals surface area contributed by atoms with Gasteiger partial charge >= 0.3 is 0 Å². The summed E-state index contributed by atoms with van der Waals surface area (Å²) in [4.78, 5) is 10.5. The van der Waals surface area contributed by atoms with Gasteiger partial charge in [-0.15, -0.1) is 0 Å². The molecule has 266 valence electrons. The third kappa shape index (κ3) is 4.88. The molecule has 0 bridgehead atoms. The quantitative estimate of drug-likeness (QED) is 0.181. The Morgan fingerprint density at radius 3 is 1.54 bits per heavy atom. The lowest BCUT2D eigenvalue weighted by Crippen LogP contribution is -2.14.